The summed E-state index contributed by atoms with van der Waals surface area (Å²) in [4.78, 5) is 13.0. The van der Waals surface area contributed by atoms with Crippen LogP contribution in [0.4, 0.5) is 0 Å². The Morgan fingerprint density at radius 2 is 2.08 bits per heavy atom. The molecule has 70 valence electrons. The number of rotatable bonds is 3. The molecule has 0 radical (unpaired) electrons. The maximum absolute atomic E-state index is 10.7. The van der Waals surface area contributed by atoms with E-state index in [1.807, 2.05) is 0 Å². The molecule has 0 aromatic heterocycles. The predicted octanol–water partition coefficient (Wildman–Crippen LogP) is 0.607. The van der Waals surface area contributed by atoms with Crippen LogP contribution in [-0.2, 0) is 4.79 Å². The van der Waals surface area contributed by atoms with Crippen LogP contribution in [0.3, 0.4) is 0 Å². The molecule has 0 atom stereocenters. The van der Waals surface area contributed by atoms with Crippen LogP contribution in [-0.4, -0.2) is 37.0 Å². The molecule has 0 aromatic carbocycles. The number of carbonyl (C=O) groups is 1. The Bertz CT molecular complexity index is 173. The number of nitrogens with one attached hydrogen (secondary N) is 1. The van der Waals surface area contributed by atoms with Crippen molar-refractivity contribution in [2.45, 2.75) is 31.7 Å². The van der Waals surface area contributed by atoms with Crippen LogP contribution in [0.2, 0.25) is 0 Å². The van der Waals surface area contributed by atoms with Gasteiger partial charge in [0, 0.05) is 19.0 Å². The van der Waals surface area contributed by atoms with Gasteiger partial charge in [-0.15, -0.1) is 0 Å². The molecule has 0 heterocycles. The Balaban J connectivity index is 2.40. The molecular formula is C9H18N2O. The van der Waals surface area contributed by atoms with Crippen molar-refractivity contribution in [3.63, 3.8) is 0 Å². The van der Waals surface area contributed by atoms with Crippen molar-refractivity contribution in [3.8, 4) is 0 Å². The highest BCUT2D eigenvalue weighted by Crippen LogP contribution is 2.35. The Morgan fingerprint density at radius 3 is 2.33 bits per heavy atom. The lowest BCUT2D eigenvalue weighted by Crippen LogP contribution is -2.57. The van der Waals surface area contributed by atoms with Crippen molar-refractivity contribution in [3.05, 3.63) is 0 Å². The SMILES string of the molecule is CC(=O)NCC1(N(C)C)CCC1. The minimum Gasteiger partial charge on any atom is -0.354 e. The first-order chi connectivity index (χ1) is 5.57. The van der Waals surface area contributed by atoms with E-state index in [9.17, 15) is 4.79 Å². The molecule has 1 fully saturated rings. The molecule has 0 saturated heterocycles. The number of nitrogens with zero attached hydrogens (tertiary/aromatic N) is 1. The lowest BCUT2D eigenvalue weighted by Gasteiger charge is -2.47. The molecule has 1 aliphatic carbocycles. The Kier molecular flexibility index (Phi) is 2.73. The highest BCUT2D eigenvalue weighted by molar-refractivity contribution is 5.72. The van der Waals surface area contributed by atoms with Crippen molar-refractivity contribution in [2.75, 3.05) is 20.6 Å². The summed E-state index contributed by atoms with van der Waals surface area (Å²) in [6, 6.07) is 0. The van der Waals surface area contributed by atoms with Gasteiger partial charge in [0.05, 0.1) is 0 Å². The Labute approximate surface area is 74.1 Å². The predicted molar refractivity (Wildman–Crippen MR) is 49.0 cm³/mol. The van der Waals surface area contributed by atoms with E-state index in [2.05, 4.69) is 24.3 Å². The van der Waals surface area contributed by atoms with E-state index in [1.165, 1.54) is 19.3 Å². The summed E-state index contributed by atoms with van der Waals surface area (Å²) in [6.07, 6.45) is 3.71. The summed E-state index contributed by atoms with van der Waals surface area (Å²) in [7, 11) is 4.17. The summed E-state index contributed by atoms with van der Waals surface area (Å²) in [5.41, 5.74) is 0.256. The lowest BCUT2D eigenvalue weighted by molar-refractivity contribution is -0.120. The summed E-state index contributed by atoms with van der Waals surface area (Å²) in [6.45, 7) is 2.37. The average molecular weight is 170 g/mol. The van der Waals surface area contributed by atoms with E-state index >= 15 is 0 Å². The standard InChI is InChI=1S/C9H18N2O/c1-8(12)10-7-9(11(2)3)5-4-6-9/h4-7H2,1-3H3,(H,10,12). The van der Waals surface area contributed by atoms with E-state index in [1.54, 1.807) is 6.92 Å². The van der Waals surface area contributed by atoms with Crippen LogP contribution in [0, 0.1) is 0 Å². The molecule has 0 spiro atoms. The van der Waals surface area contributed by atoms with Crippen molar-refractivity contribution in [1.82, 2.24) is 10.2 Å². The molecule has 1 N–H and O–H groups in total. The number of amides is 1. The first-order valence-corrected chi connectivity index (χ1v) is 4.49. The van der Waals surface area contributed by atoms with Gasteiger partial charge in [-0.1, -0.05) is 0 Å². The lowest BCUT2D eigenvalue weighted by atomic mass is 9.75. The minimum atomic E-state index is 0.0723. The third-order valence-corrected chi connectivity index (χ3v) is 2.90. The van der Waals surface area contributed by atoms with E-state index < -0.39 is 0 Å². The molecule has 1 aliphatic rings. The maximum atomic E-state index is 10.7. The summed E-state index contributed by atoms with van der Waals surface area (Å²) in [5.74, 6) is 0.0723. The second kappa shape index (κ2) is 3.44. The van der Waals surface area contributed by atoms with E-state index in [0.29, 0.717) is 0 Å². The van der Waals surface area contributed by atoms with Gasteiger partial charge in [0.15, 0.2) is 0 Å². The zero-order valence-corrected chi connectivity index (χ0v) is 8.18. The van der Waals surface area contributed by atoms with Gasteiger partial charge in [0.1, 0.15) is 0 Å². The van der Waals surface area contributed by atoms with Crippen LogP contribution in [0.25, 0.3) is 0 Å². The highest BCUT2D eigenvalue weighted by Gasteiger charge is 2.38. The maximum Gasteiger partial charge on any atom is 0.216 e. The molecule has 1 amide bonds. The molecule has 0 unspecified atom stereocenters. The number of carbonyl (C=O) groups excluding carboxylic acids is 1. The van der Waals surface area contributed by atoms with Crippen LogP contribution < -0.4 is 5.32 Å². The molecule has 0 aromatic rings. The first kappa shape index (κ1) is 9.52. The molecule has 0 bridgehead atoms. The second-order valence-electron chi connectivity index (χ2n) is 3.88. The zero-order valence-electron chi connectivity index (χ0n) is 8.18. The van der Waals surface area contributed by atoms with E-state index in [0.717, 1.165) is 6.54 Å². The largest absolute Gasteiger partial charge is 0.354 e. The van der Waals surface area contributed by atoms with Crippen molar-refractivity contribution in [2.24, 2.45) is 0 Å². The normalized spacial score (nSPS) is 20.3. The molecule has 1 rings (SSSR count). The molecular weight excluding hydrogens is 152 g/mol. The van der Waals surface area contributed by atoms with Gasteiger partial charge in [-0.2, -0.15) is 0 Å². The van der Waals surface area contributed by atoms with E-state index in [-0.39, 0.29) is 11.4 Å². The summed E-state index contributed by atoms with van der Waals surface area (Å²) >= 11 is 0. The molecule has 12 heavy (non-hydrogen) atoms. The zero-order chi connectivity index (χ0) is 9.19. The fourth-order valence-electron chi connectivity index (χ4n) is 1.66. The van der Waals surface area contributed by atoms with Gasteiger partial charge in [-0.3, -0.25) is 4.79 Å². The van der Waals surface area contributed by atoms with E-state index in [4.69, 9.17) is 0 Å². The fraction of sp³-hybridized carbons (Fsp3) is 0.889. The third-order valence-electron chi connectivity index (χ3n) is 2.90. The Morgan fingerprint density at radius 1 is 1.50 bits per heavy atom. The van der Waals surface area contributed by atoms with Crippen molar-refractivity contribution in [1.29, 1.82) is 0 Å². The van der Waals surface area contributed by atoms with Gasteiger partial charge in [-0.25, -0.2) is 0 Å². The first-order valence-electron chi connectivity index (χ1n) is 4.49. The molecule has 0 aliphatic heterocycles. The number of hydrogen-bond donors (Lipinski definition) is 1. The monoisotopic (exact) mass is 170 g/mol. The minimum absolute atomic E-state index is 0.0723. The van der Waals surface area contributed by atoms with Crippen LogP contribution in [0.15, 0.2) is 0 Å². The average Bonchev–Trinajstić information content (AvgIpc) is 1.83. The van der Waals surface area contributed by atoms with Gasteiger partial charge in [0.25, 0.3) is 0 Å². The summed E-state index contributed by atoms with van der Waals surface area (Å²) < 4.78 is 0. The topological polar surface area (TPSA) is 32.3 Å². The van der Waals surface area contributed by atoms with Crippen molar-refractivity contribution >= 4 is 5.91 Å². The van der Waals surface area contributed by atoms with Gasteiger partial charge < -0.3 is 10.2 Å². The van der Waals surface area contributed by atoms with Crippen LogP contribution in [0.1, 0.15) is 26.2 Å². The van der Waals surface area contributed by atoms with Gasteiger partial charge >= 0.3 is 0 Å². The molecule has 1 saturated carbocycles. The Hall–Kier alpha value is -0.570. The summed E-state index contributed by atoms with van der Waals surface area (Å²) in [5, 5.41) is 2.89. The van der Waals surface area contributed by atoms with Crippen LogP contribution in [0.5, 0.6) is 0 Å². The number of hydrogen-bond acceptors (Lipinski definition) is 2. The van der Waals surface area contributed by atoms with Crippen molar-refractivity contribution < 1.29 is 4.79 Å². The second-order valence-corrected chi connectivity index (χ2v) is 3.88. The van der Waals surface area contributed by atoms with Gasteiger partial charge in [0.2, 0.25) is 5.91 Å². The van der Waals surface area contributed by atoms with Gasteiger partial charge in [-0.05, 0) is 33.4 Å². The quantitative estimate of drug-likeness (QED) is 0.673. The highest BCUT2D eigenvalue weighted by atomic mass is 16.1. The smallest absolute Gasteiger partial charge is 0.216 e. The number of likely N-dealkylation sites (N-methyl/N-ethyl adjacent to an activating group) is 1. The van der Waals surface area contributed by atoms with Crippen LogP contribution >= 0.6 is 0 Å². The molecule has 3 heteroatoms. The third kappa shape index (κ3) is 1.78. The molecule has 3 nitrogen and oxygen atoms in total. The fourth-order valence-corrected chi connectivity index (χ4v) is 1.66.